The summed E-state index contributed by atoms with van der Waals surface area (Å²) in [6.45, 7) is 7.13. The Morgan fingerprint density at radius 3 is 3.09 bits per heavy atom. The highest BCUT2D eigenvalue weighted by molar-refractivity contribution is 6.02. The molecule has 0 amide bonds. The van der Waals surface area contributed by atoms with E-state index in [9.17, 15) is 0 Å². The van der Waals surface area contributed by atoms with Crippen LogP contribution in [0.1, 0.15) is 6.92 Å². The van der Waals surface area contributed by atoms with Gasteiger partial charge < -0.3 is 19.9 Å². The number of anilines is 2. The summed E-state index contributed by atoms with van der Waals surface area (Å²) in [5, 5.41) is 4.82. The Kier molecular flexibility index (Phi) is 2.56. The average Bonchev–Trinajstić information content (AvgIpc) is 2.55. The van der Waals surface area contributed by atoms with Gasteiger partial charge in [0, 0.05) is 31.1 Å². The van der Waals surface area contributed by atoms with Gasteiger partial charge in [0.1, 0.15) is 12.3 Å². The van der Waals surface area contributed by atoms with Gasteiger partial charge in [-0.25, -0.2) is 4.98 Å². The summed E-state index contributed by atoms with van der Waals surface area (Å²) in [5.41, 5.74) is 3.56. The number of piperazine rings is 1. The number of fused-ring (bicyclic) bond motifs is 4. The van der Waals surface area contributed by atoms with Gasteiger partial charge in [0.25, 0.3) is 0 Å². The molecule has 2 atom stereocenters. The average molecular weight is 296 g/mol. The van der Waals surface area contributed by atoms with Crippen LogP contribution in [-0.4, -0.2) is 49.9 Å². The van der Waals surface area contributed by atoms with Crippen LogP contribution in [0.3, 0.4) is 0 Å². The fourth-order valence-corrected chi connectivity index (χ4v) is 4.18. The van der Waals surface area contributed by atoms with Crippen molar-refractivity contribution in [2.75, 3.05) is 42.6 Å². The molecule has 22 heavy (non-hydrogen) atoms. The second-order valence-electron chi connectivity index (χ2n) is 6.49. The van der Waals surface area contributed by atoms with Crippen LogP contribution in [0, 0.1) is 0 Å². The van der Waals surface area contributed by atoms with Crippen molar-refractivity contribution in [2.24, 2.45) is 0 Å². The van der Waals surface area contributed by atoms with E-state index in [1.165, 1.54) is 16.8 Å². The van der Waals surface area contributed by atoms with Crippen molar-refractivity contribution < 1.29 is 4.74 Å². The van der Waals surface area contributed by atoms with Crippen molar-refractivity contribution in [2.45, 2.75) is 19.0 Å². The van der Waals surface area contributed by atoms with Crippen molar-refractivity contribution in [3.63, 3.8) is 0 Å². The van der Waals surface area contributed by atoms with E-state index in [1.807, 2.05) is 0 Å². The van der Waals surface area contributed by atoms with Gasteiger partial charge in [0.15, 0.2) is 0 Å². The number of nitrogens with zero attached hydrogens (tertiary/aromatic N) is 3. The molecule has 1 saturated heterocycles. The molecular formula is C17H20N4O. The lowest BCUT2D eigenvalue weighted by Gasteiger charge is -2.51. The van der Waals surface area contributed by atoms with E-state index in [0.29, 0.717) is 12.1 Å². The van der Waals surface area contributed by atoms with E-state index in [1.54, 1.807) is 0 Å². The number of ether oxygens (including phenoxy) is 1. The van der Waals surface area contributed by atoms with Gasteiger partial charge in [-0.2, -0.15) is 0 Å². The first-order valence-corrected chi connectivity index (χ1v) is 8.12. The molecule has 114 valence electrons. The number of hydrogen-bond acceptors (Lipinski definition) is 5. The Labute approximate surface area is 129 Å². The first-order chi connectivity index (χ1) is 10.8. The van der Waals surface area contributed by atoms with Crippen LogP contribution < -0.4 is 19.9 Å². The molecular weight excluding hydrogens is 276 g/mol. The maximum Gasteiger partial charge on any atom is 0.240 e. The summed E-state index contributed by atoms with van der Waals surface area (Å²) in [6.07, 6.45) is 0. The maximum absolute atomic E-state index is 5.90. The third-order valence-electron chi connectivity index (χ3n) is 5.10. The highest BCUT2D eigenvalue weighted by atomic mass is 16.5. The summed E-state index contributed by atoms with van der Waals surface area (Å²) in [5.74, 6) is 0.809. The maximum atomic E-state index is 5.90. The van der Waals surface area contributed by atoms with E-state index in [0.717, 1.165) is 44.2 Å². The van der Waals surface area contributed by atoms with Crippen molar-refractivity contribution in [1.82, 2.24) is 10.3 Å². The smallest absolute Gasteiger partial charge is 0.240 e. The van der Waals surface area contributed by atoms with Crippen LogP contribution in [0.4, 0.5) is 11.4 Å². The van der Waals surface area contributed by atoms with Crippen molar-refractivity contribution >= 4 is 22.3 Å². The second-order valence-corrected chi connectivity index (χ2v) is 6.49. The third kappa shape index (κ3) is 1.60. The van der Waals surface area contributed by atoms with Gasteiger partial charge in [-0.1, -0.05) is 18.2 Å². The molecule has 1 N–H and O–H groups in total. The van der Waals surface area contributed by atoms with E-state index < -0.39 is 0 Å². The number of nitrogens with one attached hydrogen (secondary N) is 1. The number of pyridine rings is 1. The van der Waals surface area contributed by atoms with E-state index in [4.69, 9.17) is 9.72 Å². The largest absolute Gasteiger partial charge is 0.474 e. The van der Waals surface area contributed by atoms with E-state index in [2.05, 4.69) is 46.3 Å². The molecule has 3 aliphatic rings. The van der Waals surface area contributed by atoms with E-state index in [-0.39, 0.29) is 0 Å². The lowest BCUT2D eigenvalue weighted by molar-refractivity contribution is 0.287. The molecule has 0 bridgehead atoms. The molecule has 1 aromatic heterocycles. The molecule has 0 saturated carbocycles. The summed E-state index contributed by atoms with van der Waals surface area (Å²) in [4.78, 5) is 9.83. The Morgan fingerprint density at radius 1 is 1.23 bits per heavy atom. The van der Waals surface area contributed by atoms with Crippen LogP contribution in [0.25, 0.3) is 10.9 Å². The van der Waals surface area contributed by atoms with Crippen LogP contribution in [0.5, 0.6) is 5.88 Å². The summed E-state index contributed by atoms with van der Waals surface area (Å²) in [7, 11) is 0. The molecule has 0 aliphatic carbocycles. The summed E-state index contributed by atoms with van der Waals surface area (Å²) in [6, 6.07) is 9.45. The molecule has 1 aromatic carbocycles. The quantitative estimate of drug-likeness (QED) is 0.800. The van der Waals surface area contributed by atoms with Crippen LogP contribution >= 0.6 is 0 Å². The Hall–Kier alpha value is -2.01. The summed E-state index contributed by atoms with van der Waals surface area (Å²) >= 11 is 0. The fourth-order valence-electron chi connectivity index (χ4n) is 4.18. The SMILES string of the molecule is CC1CNCC2CN3CCOc4nc5ccccc5c(c43)N12. The Morgan fingerprint density at radius 2 is 2.14 bits per heavy atom. The number of benzene rings is 1. The monoisotopic (exact) mass is 296 g/mol. The molecule has 1 fully saturated rings. The molecule has 2 aromatic rings. The Balaban J connectivity index is 1.84. The zero-order valence-electron chi connectivity index (χ0n) is 12.7. The molecule has 0 radical (unpaired) electrons. The van der Waals surface area contributed by atoms with Gasteiger partial charge >= 0.3 is 0 Å². The minimum absolute atomic E-state index is 0.484. The molecule has 0 spiro atoms. The second kappa shape index (κ2) is 4.49. The number of rotatable bonds is 0. The summed E-state index contributed by atoms with van der Waals surface area (Å²) < 4.78 is 5.90. The molecule has 5 rings (SSSR count). The third-order valence-corrected chi connectivity index (χ3v) is 5.10. The normalized spacial score (nSPS) is 26.4. The number of hydrogen-bond donors (Lipinski definition) is 1. The highest BCUT2D eigenvalue weighted by Gasteiger charge is 2.40. The lowest BCUT2D eigenvalue weighted by atomic mass is 9.98. The van der Waals surface area contributed by atoms with Crippen molar-refractivity contribution in [3.05, 3.63) is 24.3 Å². The first kappa shape index (κ1) is 12.5. The van der Waals surface area contributed by atoms with Gasteiger partial charge in [-0.15, -0.1) is 0 Å². The minimum atomic E-state index is 0.484. The first-order valence-electron chi connectivity index (χ1n) is 8.12. The van der Waals surface area contributed by atoms with Gasteiger partial charge in [-0.05, 0) is 13.0 Å². The lowest BCUT2D eigenvalue weighted by Crippen LogP contribution is -2.63. The fraction of sp³-hybridized carbons (Fsp3) is 0.471. The van der Waals surface area contributed by atoms with Crippen LogP contribution in [-0.2, 0) is 0 Å². The predicted octanol–water partition coefficient (Wildman–Crippen LogP) is 1.61. The van der Waals surface area contributed by atoms with Gasteiger partial charge in [-0.3, -0.25) is 0 Å². The topological polar surface area (TPSA) is 40.6 Å². The van der Waals surface area contributed by atoms with Gasteiger partial charge in [0.05, 0.1) is 23.8 Å². The van der Waals surface area contributed by atoms with Crippen molar-refractivity contribution in [1.29, 1.82) is 0 Å². The standard InChI is InChI=1S/C17H20N4O/c1-11-8-18-9-12-10-20-6-7-22-17-16(20)15(21(11)12)13-4-2-3-5-14(13)19-17/h2-5,11-12,18H,6-10H2,1H3. The van der Waals surface area contributed by atoms with Gasteiger partial charge in [0.2, 0.25) is 5.88 Å². The number of para-hydroxylation sites is 1. The van der Waals surface area contributed by atoms with Crippen LogP contribution in [0.2, 0.25) is 0 Å². The molecule has 3 aliphatic heterocycles. The zero-order valence-corrected chi connectivity index (χ0v) is 12.7. The zero-order chi connectivity index (χ0) is 14.7. The van der Waals surface area contributed by atoms with Crippen LogP contribution in [0.15, 0.2) is 24.3 Å². The highest BCUT2D eigenvalue weighted by Crippen LogP contribution is 2.48. The molecule has 2 unspecified atom stereocenters. The van der Waals surface area contributed by atoms with E-state index >= 15 is 0 Å². The molecule has 5 heteroatoms. The predicted molar refractivity (Wildman–Crippen MR) is 88.0 cm³/mol. The van der Waals surface area contributed by atoms with Crippen molar-refractivity contribution in [3.8, 4) is 5.88 Å². The Bertz CT molecular complexity index is 747. The minimum Gasteiger partial charge on any atom is -0.474 e. The molecule has 5 nitrogen and oxygen atoms in total. The molecule has 4 heterocycles. The number of aromatic nitrogens is 1.